The molecule has 0 spiro atoms. The lowest BCUT2D eigenvalue weighted by molar-refractivity contribution is 0.730. The second-order valence-corrected chi connectivity index (χ2v) is 9.31. The Balaban J connectivity index is 0.000000132. The van der Waals surface area contributed by atoms with Crippen molar-refractivity contribution in [2.75, 3.05) is 0 Å². The first kappa shape index (κ1) is 27.9. The van der Waals surface area contributed by atoms with E-state index in [4.69, 9.17) is 0 Å². The van der Waals surface area contributed by atoms with E-state index in [0.29, 0.717) is 0 Å². The van der Waals surface area contributed by atoms with Crippen LogP contribution in [0.2, 0.25) is 0 Å². The van der Waals surface area contributed by atoms with Gasteiger partial charge in [0.15, 0.2) is 0 Å². The molecule has 0 atom stereocenters. The lowest BCUT2D eigenvalue weighted by Gasteiger charge is -2.08. The largest absolute Gasteiger partial charge is 0.0885 e. The third kappa shape index (κ3) is 12.2. The quantitative estimate of drug-likeness (QED) is 0.217. The molecule has 0 fully saturated rings. The minimum absolute atomic E-state index is 1.12. The van der Waals surface area contributed by atoms with Gasteiger partial charge in [-0.2, -0.15) is 0 Å². The molecule has 0 aliphatic heterocycles. The van der Waals surface area contributed by atoms with Crippen molar-refractivity contribution in [3.8, 4) is 0 Å². The maximum Gasteiger partial charge on any atom is -0.00945 e. The van der Waals surface area contributed by atoms with Gasteiger partial charge in [-0.25, -0.2) is 0 Å². The van der Waals surface area contributed by atoms with E-state index in [2.05, 4.69) is 109 Å². The Morgan fingerprint density at radius 2 is 0.622 bits per heavy atom. The number of hydrogen-bond acceptors (Lipinski definition) is 0. The molecule has 0 nitrogen and oxygen atoms in total. The fourth-order valence-electron chi connectivity index (χ4n) is 4.24. The van der Waals surface area contributed by atoms with Crippen LogP contribution in [0.5, 0.6) is 0 Å². The summed E-state index contributed by atoms with van der Waals surface area (Å²) in [5, 5.41) is 2.62. The van der Waals surface area contributed by atoms with Gasteiger partial charge in [-0.3, -0.25) is 0 Å². The normalized spacial score (nSPS) is 14.3. The van der Waals surface area contributed by atoms with Crippen molar-refractivity contribution in [3.05, 3.63) is 157 Å². The first-order valence-electron chi connectivity index (χ1n) is 13.9. The van der Waals surface area contributed by atoms with Crippen molar-refractivity contribution in [1.29, 1.82) is 0 Å². The number of rotatable bonds is 0. The zero-order valence-corrected chi connectivity index (χ0v) is 22.2. The van der Waals surface area contributed by atoms with Gasteiger partial charge in [-0.15, -0.1) is 0 Å². The van der Waals surface area contributed by atoms with Crippen molar-refractivity contribution in [2.45, 2.75) is 57.8 Å². The molecule has 190 valence electrons. The number of allylic oxidation sites excluding steroid dienone is 6. The van der Waals surface area contributed by atoms with Gasteiger partial charge >= 0.3 is 0 Å². The Labute approximate surface area is 225 Å². The first-order valence-corrected chi connectivity index (χ1v) is 13.9. The molecule has 3 aliphatic rings. The van der Waals surface area contributed by atoms with Gasteiger partial charge in [-0.05, 0) is 79.7 Å². The molecular formula is C37H42. The third-order valence-corrected chi connectivity index (χ3v) is 6.35. The van der Waals surface area contributed by atoms with E-state index in [1.807, 2.05) is 36.4 Å². The van der Waals surface area contributed by atoms with Crippen molar-refractivity contribution in [3.63, 3.8) is 0 Å². The molecule has 0 N–H and O–H groups in total. The zero-order chi connectivity index (χ0) is 25.6. The van der Waals surface area contributed by atoms with Gasteiger partial charge < -0.3 is 0 Å². The Hall–Kier alpha value is -3.64. The van der Waals surface area contributed by atoms with E-state index in [1.54, 1.807) is 0 Å². The van der Waals surface area contributed by atoms with Crippen LogP contribution in [0.3, 0.4) is 0 Å². The lowest BCUT2D eigenvalue weighted by Crippen LogP contribution is -1.95. The van der Waals surface area contributed by atoms with E-state index in [0.717, 1.165) is 12.8 Å². The Morgan fingerprint density at radius 3 is 0.919 bits per heavy atom. The zero-order valence-electron chi connectivity index (χ0n) is 22.2. The minimum atomic E-state index is 1.12. The van der Waals surface area contributed by atoms with Gasteiger partial charge in [0.05, 0.1) is 0 Å². The second-order valence-electron chi connectivity index (χ2n) is 9.31. The molecule has 0 saturated carbocycles. The summed E-state index contributed by atoms with van der Waals surface area (Å²) in [6.45, 7) is 0. The van der Waals surface area contributed by atoms with Gasteiger partial charge in [0, 0.05) is 0 Å². The summed E-state index contributed by atoms with van der Waals surface area (Å²) in [4.78, 5) is 0. The molecule has 4 aromatic rings. The maximum absolute atomic E-state index is 2.27. The summed E-state index contributed by atoms with van der Waals surface area (Å²) in [5.74, 6) is 0. The van der Waals surface area contributed by atoms with Crippen LogP contribution in [-0.4, -0.2) is 0 Å². The summed E-state index contributed by atoms with van der Waals surface area (Å²) >= 11 is 0. The van der Waals surface area contributed by atoms with E-state index in [1.165, 1.54) is 66.8 Å². The summed E-state index contributed by atoms with van der Waals surface area (Å²) in [5.41, 5.74) is 2.98. The molecule has 4 aromatic carbocycles. The van der Waals surface area contributed by atoms with Crippen LogP contribution in [0, 0.1) is 0 Å². The van der Waals surface area contributed by atoms with Crippen LogP contribution >= 0.6 is 0 Å². The van der Waals surface area contributed by atoms with Crippen molar-refractivity contribution < 1.29 is 0 Å². The molecule has 0 bridgehead atoms. The summed E-state index contributed by atoms with van der Waals surface area (Å²) in [6, 6.07) is 37.3. The van der Waals surface area contributed by atoms with Crippen LogP contribution in [0.4, 0.5) is 0 Å². The van der Waals surface area contributed by atoms with Crippen LogP contribution in [0.15, 0.2) is 146 Å². The number of fused-ring (bicyclic) bond motifs is 2. The van der Waals surface area contributed by atoms with E-state index in [-0.39, 0.29) is 0 Å². The van der Waals surface area contributed by atoms with E-state index >= 15 is 0 Å². The van der Waals surface area contributed by atoms with Crippen LogP contribution in [-0.2, 0) is 12.8 Å². The highest BCUT2D eigenvalue weighted by molar-refractivity contribution is 5.82. The average Bonchev–Trinajstić information content (AvgIpc) is 3.61. The van der Waals surface area contributed by atoms with Gasteiger partial charge in [0.2, 0.25) is 0 Å². The topological polar surface area (TPSA) is 0 Å². The highest BCUT2D eigenvalue weighted by atomic mass is 14.1. The average molecular weight is 487 g/mol. The molecule has 37 heavy (non-hydrogen) atoms. The highest BCUT2D eigenvalue weighted by Crippen LogP contribution is 2.15. The third-order valence-electron chi connectivity index (χ3n) is 6.35. The maximum atomic E-state index is 2.27. The van der Waals surface area contributed by atoms with Crippen LogP contribution < -0.4 is 0 Å². The van der Waals surface area contributed by atoms with Crippen molar-refractivity contribution >= 4 is 10.8 Å². The predicted molar refractivity (Wildman–Crippen MR) is 164 cm³/mol. The lowest BCUT2D eigenvalue weighted by atomic mass is 9.97. The molecule has 0 saturated heterocycles. The summed E-state index contributed by atoms with van der Waals surface area (Å²) in [7, 11) is 0. The summed E-state index contributed by atoms with van der Waals surface area (Å²) in [6.07, 6.45) is 25.2. The van der Waals surface area contributed by atoms with Crippen LogP contribution in [0.1, 0.15) is 56.1 Å². The van der Waals surface area contributed by atoms with Gasteiger partial charge in [-0.1, -0.05) is 146 Å². The molecule has 0 heterocycles. The van der Waals surface area contributed by atoms with Gasteiger partial charge in [0.25, 0.3) is 0 Å². The fourth-order valence-corrected chi connectivity index (χ4v) is 4.24. The molecule has 0 unspecified atom stereocenters. The Kier molecular flexibility index (Phi) is 14.0. The molecule has 0 amide bonds. The molecule has 3 aliphatic carbocycles. The Morgan fingerprint density at radius 1 is 0.297 bits per heavy atom. The number of benzene rings is 4. The van der Waals surface area contributed by atoms with E-state index in [9.17, 15) is 0 Å². The van der Waals surface area contributed by atoms with E-state index < -0.39 is 0 Å². The predicted octanol–water partition coefficient (Wildman–Crippen LogP) is 10.7. The van der Waals surface area contributed by atoms with Crippen molar-refractivity contribution in [2.24, 2.45) is 0 Å². The molecule has 7 rings (SSSR count). The second kappa shape index (κ2) is 18.6. The fraction of sp³-hybridized carbons (Fsp3) is 0.243. The minimum Gasteiger partial charge on any atom is -0.0885 e. The standard InChI is InChI=1S/C10H10.C10H8.C6H10.C6H6.C5H8/c2*1-2-6-10-8-4-3-7-9(10)5-1;2*1-2-4-6-5-3-1;1-2-4-5-3-1/h1-6H,7-8H2;1-8H;1-2H,3-6H2;1-6H;1-2H,3-5H2. The van der Waals surface area contributed by atoms with Gasteiger partial charge in [0.1, 0.15) is 0 Å². The smallest absolute Gasteiger partial charge is 0.00945 e. The molecule has 0 radical (unpaired) electrons. The molecule has 0 heteroatoms. The van der Waals surface area contributed by atoms with Crippen LogP contribution in [0.25, 0.3) is 10.8 Å². The highest BCUT2D eigenvalue weighted by Gasteiger charge is 2.00. The Bertz CT molecular complexity index is 1060. The number of hydrogen-bond donors (Lipinski definition) is 0. The van der Waals surface area contributed by atoms with Crippen molar-refractivity contribution in [1.82, 2.24) is 0 Å². The first-order chi connectivity index (χ1) is 18.4. The molecular weight excluding hydrogens is 444 g/mol. The molecule has 0 aromatic heterocycles. The SMILES string of the molecule is C1=CCCC1.C1=CCCCC1.C1=CCc2ccccc2C1.c1ccc2ccccc2c1.c1ccccc1. The monoisotopic (exact) mass is 486 g/mol. The summed E-state index contributed by atoms with van der Waals surface area (Å²) < 4.78 is 0.